The molecule has 0 unspecified atom stereocenters. The molecule has 36 heavy (non-hydrogen) atoms. The van der Waals surface area contributed by atoms with E-state index in [0.717, 1.165) is 22.3 Å². The van der Waals surface area contributed by atoms with Gasteiger partial charge in [-0.05, 0) is 36.1 Å². The Hall–Kier alpha value is -2.58. The van der Waals surface area contributed by atoms with Crippen molar-refractivity contribution in [2.24, 2.45) is 0 Å². The first-order valence-corrected chi connectivity index (χ1v) is 12.8. The topological polar surface area (TPSA) is 43.4 Å². The lowest BCUT2D eigenvalue weighted by atomic mass is 10.0. The smallest absolute Gasteiger partial charge is 0.139 e. The lowest BCUT2D eigenvalue weighted by Gasteiger charge is -2.33. The first kappa shape index (κ1) is 22.6. The quantitative estimate of drug-likeness (QED) is 0.499. The predicted octanol–water partition coefficient (Wildman–Crippen LogP) is 5.32. The Bertz CT molecular complexity index is 1130. The largest absolute Gasteiger partial charge is 0.357 e. The first-order chi connectivity index (χ1) is 17.6. The van der Waals surface area contributed by atoms with E-state index in [1.165, 1.54) is 0 Å². The van der Waals surface area contributed by atoms with Crippen LogP contribution in [0, 0.1) is 0 Å². The van der Waals surface area contributed by atoms with E-state index in [1.807, 2.05) is 12.1 Å². The van der Waals surface area contributed by atoms with E-state index in [1.54, 1.807) is 0 Å². The highest BCUT2D eigenvalue weighted by Gasteiger charge is 2.55. The number of fused-ring (bicyclic) bond motifs is 2. The minimum atomic E-state index is -0.154. The Balaban J connectivity index is 1.16. The molecule has 6 heteroatoms. The van der Waals surface area contributed by atoms with Gasteiger partial charge in [-0.15, -0.1) is 0 Å². The molecular weight excluding hydrogens is 452 g/mol. The minimum Gasteiger partial charge on any atom is -0.357 e. The van der Waals surface area contributed by atoms with E-state index >= 15 is 0 Å². The second-order valence-electron chi connectivity index (χ2n) is 10.9. The van der Waals surface area contributed by atoms with Crippen molar-refractivity contribution in [1.29, 1.82) is 0 Å². The number of hydrogen-bond donors (Lipinski definition) is 0. The van der Waals surface area contributed by atoms with Crippen LogP contribution in [0.5, 0.6) is 0 Å². The van der Waals surface area contributed by atoms with Gasteiger partial charge in [0, 0.05) is 0 Å². The Morgan fingerprint density at radius 3 is 1.06 bits per heavy atom. The zero-order valence-electron chi connectivity index (χ0n) is 20.7. The van der Waals surface area contributed by atoms with Crippen molar-refractivity contribution in [2.75, 3.05) is 26.4 Å². The number of hydrogen-bond acceptors (Lipinski definition) is 6. The van der Waals surface area contributed by atoms with Crippen LogP contribution in [0.2, 0.25) is 0 Å². The molecule has 6 nitrogen and oxygen atoms in total. The van der Waals surface area contributed by atoms with Gasteiger partial charge in [0.25, 0.3) is 0 Å². The molecule has 0 spiro atoms. The Morgan fingerprint density at radius 1 is 0.472 bits per heavy atom. The van der Waals surface area contributed by atoms with Gasteiger partial charge in [0.2, 0.25) is 0 Å². The van der Waals surface area contributed by atoms with Gasteiger partial charge in [-0.25, -0.2) is 9.80 Å². The maximum atomic E-state index is 6.37. The van der Waals surface area contributed by atoms with Gasteiger partial charge in [0.1, 0.15) is 24.9 Å². The summed E-state index contributed by atoms with van der Waals surface area (Å²) < 4.78 is 25.3. The summed E-state index contributed by atoms with van der Waals surface area (Å²) in [6.45, 7) is 7.08. The van der Waals surface area contributed by atoms with Crippen molar-refractivity contribution >= 4 is 0 Å². The SMILES string of the molecule is C[C@]12CO[C@H](c3ccc([C@@H]4OC[C@@]5(C)CO[C@H](c6ccccc6)N45)cc3)N1[C@H](c1ccccc1)OC2. The van der Waals surface area contributed by atoms with Gasteiger partial charge >= 0.3 is 0 Å². The van der Waals surface area contributed by atoms with E-state index in [4.69, 9.17) is 18.9 Å². The van der Waals surface area contributed by atoms with Crippen LogP contribution in [0.25, 0.3) is 0 Å². The third kappa shape index (κ3) is 3.48. The lowest BCUT2D eigenvalue weighted by Crippen LogP contribution is -2.41. The van der Waals surface area contributed by atoms with Gasteiger partial charge in [0.05, 0.1) is 37.5 Å². The summed E-state index contributed by atoms with van der Waals surface area (Å²) in [4.78, 5) is 4.78. The molecule has 4 fully saturated rings. The van der Waals surface area contributed by atoms with Gasteiger partial charge in [-0.3, -0.25) is 0 Å². The molecule has 3 aromatic carbocycles. The Morgan fingerprint density at radius 2 is 0.750 bits per heavy atom. The summed E-state index contributed by atoms with van der Waals surface area (Å²) in [5.74, 6) is 0. The van der Waals surface area contributed by atoms with Gasteiger partial charge in [-0.2, -0.15) is 0 Å². The molecule has 6 atom stereocenters. The van der Waals surface area contributed by atoms with E-state index in [9.17, 15) is 0 Å². The van der Waals surface area contributed by atoms with Crippen LogP contribution >= 0.6 is 0 Å². The van der Waals surface area contributed by atoms with Crippen molar-refractivity contribution in [3.63, 3.8) is 0 Å². The second-order valence-corrected chi connectivity index (χ2v) is 10.9. The summed E-state index contributed by atoms with van der Waals surface area (Å²) in [5.41, 5.74) is 4.30. The van der Waals surface area contributed by atoms with E-state index < -0.39 is 0 Å². The molecule has 0 radical (unpaired) electrons. The Labute approximate surface area is 212 Å². The molecule has 0 N–H and O–H groups in total. The van der Waals surface area contributed by atoms with Crippen LogP contribution in [0.4, 0.5) is 0 Å². The van der Waals surface area contributed by atoms with Crippen LogP contribution in [-0.4, -0.2) is 47.3 Å². The second kappa shape index (κ2) is 8.48. The first-order valence-electron chi connectivity index (χ1n) is 12.8. The molecule has 4 aliphatic heterocycles. The fourth-order valence-corrected chi connectivity index (χ4v) is 6.20. The molecule has 0 amide bonds. The maximum Gasteiger partial charge on any atom is 0.139 e. The number of nitrogens with zero attached hydrogens (tertiary/aromatic N) is 2. The predicted molar refractivity (Wildman–Crippen MR) is 135 cm³/mol. The lowest BCUT2D eigenvalue weighted by molar-refractivity contribution is -0.0633. The zero-order valence-corrected chi connectivity index (χ0v) is 20.7. The van der Waals surface area contributed by atoms with Crippen LogP contribution in [0.15, 0.2) is 84.9 Å². The van der Waals surface area contributed by atoms with Gasteiger partial charge in [-0.1, -0.05) is 84.9 Å². The summed E-state index contributed by atoms with van der Waals surface area (Å²) in [6.07, 6.45) is -0.538. The standard InChI is InChI=1S/C30H32N2O4/c1-29-17-33-25(21-9-5-3-6-10-21)31(29)27(35-19-29)23-13-15-24(16-14-23)28-32-26(22-11-7-4-8-12-22)34-18-30(32,2)20-36-28/h3-16,25-28H,17-20H2,1-2H3/t25-,26+,27+,28-,29-,30+. The van der Waals surface area contributed by atoms with Crippen molar-refractivity contribution in [1.82, 2.24) is 9.80 Å². The third-order valence-corrected chi connectivity index (χ3v) is 8.14. The maximum absolute atomic E-state index is 6.37. The van der Waals surface area contributed by atoms with Crippen LogP contribution < -0.4 is 0 Å². The molecular formula is C30H32N2O4. The number of benzene rings is 3. The van der Waals surface area contributed by atoms with E-state index in [2.05, 4.69) is 96.4 Å². The van der Waals surface area contributed by atoms with Gasteiger partial charge in [0.15, 0.2) is 0 Å². The minimum absolute atomic E-state index is 0.115. The molecule has 186 valence electrons. The highest BCUT2D eigenvalue weighted by atomic mass is 16.6. The summed E-state index contributed by atoms with van der Waals surface area (Å²) in [7, 11) is 0. The fraction of sp³-hybridized carbons (Fsp3) is 0.400. The highest BCUT2D eigenvalue weighted by molar-refractivity contribution is 5.30. The molecule has 4 aliphatic rings. The van der Waals surface area contributed by atoms with Crippen molar-refractivity contribution in [2.45, 2.75) is 49.8 Å². The summed E-state index contributed by atoms with van der Waals surface area (Å²) in [6, 6.07) is 29.6. The van der Waals surface area contributed by atoms with Crippen molar-refractivity contribution in [3.8, 4) is 0 Å². The van der Waals surface area contributed by atoms with E-state index in [-0.39, 0.29) is 36.0 Å². The molecule has 3 aromatic rings. The van der Waals surface area contributed by atoms with Crippen molar-refractivity contribution in [3.05, 3.63) is 107 Å². The molecule has 0 aliphatic carbocycles. The molecule has 0 bridgehead atoms. The average molecular weight is 485 g/mol. The normalized spacial score (nSPS) is 36.3. The van der Waals surface area contributed by atoms with Crippen LogP contribution in [0.3, 0.4) is 0 Å². The molecule has 0 saturated carbocycles. The molecule has 7 rings (SSSR count). The van der Waals surface area contributed by atoms with E-state index in [0.29, 0.717) is 26.4 Å². The van der Waals surface area contributed by atoms with Gasteiger partial charge < -0.3 is 18.9 Å². The van der Waals surface area contributed by atoms with Crippen LogP contribution in [0.1, 0.15) is 61.0 Å². The Kier molecular flexibility index (Phi) is 5.33. The molecule has 0 aromatic heterocycles. The highest BCUT2D eigenvalue weighted by Crippen LogP contribution is 2.50. The molecule has 4 saturated heterocycles. The third-order valence-electron chi connectivity index (χ3n) is 8.14. The summed E-state index contributed by atoms with van der Waals surface area (Å²) >= 11 is 0. The average Bonchev–Trinajstić information content (AvgIpc) is 3.63. The molecule has 4 heterocycles. The van der Waals surface area contributed by atoms with Crippen LogP contribution in [-0.2, 0) is 18.9 Å². The monoisotopic (exact) mass is 484 g/mol. The zero-order chi connectivity index (χ0) is 24.3. The fourth-order valence-electron chi connectivity index (χ4n) is 6.20. The number of ether oxygens (including phenoxy) is 4. The summed E-state index contributed by atoms with van der Waals surface area (Å²) in [5, 5.41) is 0. The van der Waals surface area contributed by atoms with Crippen molar-refractivity contribution < 1.29 is 18.9 Å². The number of rotatable bonds is 4.